The van der Waals surface area contributed by atoms with Crippen molar-refractivity contribution in [1.29, 1.82) is 0 Å². The van der Waals surface area contributed by atoms with Crippen molar-refractivity contribution in [2.45, 2.75) is 13.3 Å². The van der Waals surface area contributed by atoms with Crippen molar-refractivity contribution in [3.8, 4) is 5.75 Å². The predicted octanol–water partition coefficient (Wildman–Crippen LogP) is 3.45. The molecule has 0 spiro atoms. The van der Waals surface area contributed by atoms with E-state index in [-0.39, 0.29) is 17.8 Å². The van der Waals surface area contributed by atoms with E-state index in [0.717, 1.165) is 16.9 Å². The Balaban J connectivity index is 1.57. The lowest BCUT2D eigenvalue weighted by Crippen LogP contribution is -2.32. The van der Waals surface area contributed by atoms with Crippen molar-refractivity contribution >= 4 is 23.6 Å². The van der Waals surface area contributed by atoms with Crippen LogP contribution in [0.25, 0.3) is 6.08 Å². The van der Waals surface area contributed by atoms with Gasteiger partial charge in [-0.2, -0.15) is 0 Å². The Bertz CT molecular complexity index is 811. The van der Waals surface area contributed by atoms with Crippen molar-refractivity contribution in [2.24, 2.45) is 5.92 Å². The zero-order valence-electron chi connectivity index (χ0n) is 14.6. The molecule has 2 aromatic carbocycles. The minimum Gasteiger partial charge on any atom is -0.492 e. The molecule has 1 heterocycles. The van der Waals surface area contributed by atoms with Gasteiger partial charge in [0.1, 0.15) is 12.4 Å². The summed E-state index contributed by atoms with van der Waals surface area (Å²) in [4.78, 5) is 23.8. The Labute approximate surface area is 152 Å². The van der Waals surface area contributed by atoms with Crippen molar-refractivity contribution < 1.29 is 19.1 Å². The number of nitrogens with one attached hydrogen (secondary N) is 1. The fourth-order valence-electron chi connectivity index (χ4n) is 2.77. The number of esters is 1. The number of hydrogen-bond donors (Lipinski definition) is 1. The number of benzene rings is 2. The molecule has 1 N–H and O–H groups in total. The van der Waals surface area contributed by atoms with E-state index in [4.69, 9.17) is 9.47 Å². The number of amides is 1. The number of fused-ring (bicyclic) bond motifs is 1. The van der Waals surface area contributed by atoms with Crippen molar-refractivity contribution in [2.75, 3.05) is 18.5 Å². The molecule has 1 amide bonds. The summed E-state index contributed by atoms with van der Waals surface area (Å²) in [6, 6.07) is 15.1. The maximum absolute atomic E-state index is 12.5. The quantitative estimate of drug-likeness (QED) is 0.662. The van der Waals surface area contributed by atoms with Gasteiger partial charge < -0.3 is 14.8 Å². The van der Waals surface area contributed by atoms with E-state index in [1.807, 2.05) is 36.4 Å². The second kappa shape index (κ2) is 8.34. The van der Waals surface area contributed by atoms with Gasteiger partial charge in [-0.3, -0.25) is 4.79 Å². The van der Waals surface area contributed by atoms with Crippen LogP contribution in [0, 0.1) is 5.92 Å². The van der Waals surface area contributed by atoms with Crippen LogP contribution >= 0.6 is 0 Å². The smallest absolute Gasteiger partial charge is 0.330 e. The van der Waals surface area contributed by atoms with Crippen molar-refractivity contribution in [1.82, 2.24) is 0 Å². The Morgan fingerprint density at radius 2 is 1.96 bits per heavy atom. The van der Waals surface area contributed by atoms with Crippen LogP contribution in [0.15, 0.2) is 54.6 Å². The van der Waals surface area contributed by atoms with Gasteiger partial charge in [0.05, 0.1) is 12.5 Å². The first kappa shape index (κ1) is 17.7. The average molecular weight is 351 g/mol. The van der Waals surface area contributed by atoms with Gasteiger partial charge in [0, 0.05) is 11.8 Å². The molecule has 0 saturated heterocycles. The molecule has 0 aromatic heterocycles. The van der Waals surface area contributed by atoms with Gasteiger partial charge in [-0.25, -0.2) is 4.79 Å². The summed E-state index contributed by atoms with van der Waals surface area (Å²) in [7, 11) is 0. The monoisotopic (exact) mass is 351 g/mol. The minimum atomic E-state index is -0.373. The highest BCUT2D eigenvalue weighted by Gasteiger charge is 2.25. The average Bonchev–Trinajstić information content (AvgIpc) is 2.67. The molecule has 1 aliphatic rings. The molecular weight excluding hydrogens is 330 g/mol. The fraction of sp³-hybridized carbons (Fsp3) is 0.238. The number of hydrogen-bond acceptors (Lipinski definition) is 4. The van der Waals surface area contributed by atoms with Crippen LogP contribution in [0.4, 0.5) is 5.69 Å². The molecule has 26 heavy (non-hydrogen) atoms. The van der Waals surface area contributed by atoms with E-state index < -0.39 is 0 Å². The van der Waals surface area contributed by atoms with Crippen LogP contribution in [0.5, 0.6) is 5.75 Å². The largest absolute Gasteiger partial charge is 0.492 e. The highest BCUT2D eigenvalue weighted by Crippen LogP contribution is 2.27. The lowest BCUT2D eigenvalue weighted by Gasteiger charge is -2.24. The second-order valence-corrected chi connectivity index (χ2v) is 6.02. The topological polar surface area (TPSA) is 64.6 Å². The molecule has 2 aromatic rings. The van der Waals surface area contributed by atoms with Crippen LogP contribution < -0.4 is 10.1 Å². The molecule has 5 heteroatoms. The van der Waals surface area contributed by atoms with Gasteiger partial charge in [0.15, 0.2) is 0 Å². The van der Waals surface area contributed by atoms with Gasteiger partial charge >= 0.3 is 5.97 Å². The first-order chi connectivity index (χ1) is 12.7. The zero-order chi connectivity index (χ0) is 18.4. The van der Waals surface area contributed by atoms with Crippen LogP contribution in [0.1, 0.15) is 18.1 Å². The van der Waals surface area contributed by atoms with E-state index in [9.17, 15) is 9.59 Å². The maximum Gasteiger partial charge on any atom is 0.330 e. The summed E-state index contributed by atoms with van der Waals surface area (Å²) >= 11 is 0. The molecular formula is C21H21NO4. The molecule has 1 aliphatic heterocycles. The molecule has 134 valence electrons. The van der Waals surface area contributed by atoms with Crippen LogP contribution in [-0.2, 0) is 20.7 Å². The number of carbonyl (C=O) groups is 2. The van der Waals surface area contributed by atoms with Crippen LogP contribution in [0.2, 0.25) is 0 Å². The molecule has 1 atom stereocenters. The summed E-state index contributed by atoms with van der Waals surface area (Å²) in [5, 5.41) is 2.92. The van der Waals surface area contributed by atoms with Gasteiger partial charge in [0.2, 0.25) is 5.91 Å². The molecule has 1 unspecified atom stereocenters. The summed E-state index contributed by atoms with van der Waals surface area (Å²) < 4.78 is 10.5. The third-order valence-electron chi connectivity index (χ3n) is 4.13. The Hall–Kier alpha value is -3.08. The van der Waals surface area contributed by atoms with Gasteiger partial charge in [-0.1, -0.05) is 30.3 Å². The van der Waals surface area contributed by atoms with Gasteiger partial charge in [-0.15, -0.1) is 0 Å². The molecule has 0 aliphatic carbocycles. The summed E-state index contributed by atoms with van der Waals surface area (Å²) in [5.74, 6) is 0.208. The third-order valence-corrected chi connectivity index (χ3v) is 4.13. The van der Waals surface area contributed by atoms with Gasteiger partial charge in [-0.05, 0) is 48.7 Å². The Kier molecular flexibility index (Phi) is 5.69. The number of rotatable bonds is 5. The first-order valence-electron chi connectivity index (χ1n) is 8.62. The van der Waals surface area contributed by atoms with E-state index >= 15 is 0 Å². The number of para-hydroxylation sites is 1. The van der Waals surface area contributed by atoms with Gasteiger partial charge in [0.25, 0.3) is 0 Å². The zero-order valence-corrected chi connectivity index (χ0v) is 14.6. The number of ether oxygens (including phenoxy) is 2. The van der Waals surface area contributed by atoms with Crippen molar-refractivity contribution in [3.05, 3.63) is 65.7 Å². The van der Waals surface area contributed by atoms with Crippen LogP contribution in [-0.4, -0.2) is 25.1 Å². The SMILES string of the molecule is CCOC(=O)C=Cc1ccc(NC(=O)C2COc3ccccc3C2)cc1. The molecule has 0 fully saturated rings. The molecule has 0 radical (unpaired) electrons. The summed E-state index contributed by atoms with van der Waals surface area (Å²) in [6.07, 6.45) is 3.73. The van der Waals surface area contributed by atoms with E-state index in [0.29, 0.717) is 25.3 Å². The third kappa shape index (κ3) is 4.51. The summed E-state index contributed by atoms with van der Waals surface area (Å²) in [6.45, 7) is 2.49. The number of carbonyl (C=O) groups excluding carboxylic acids is 2. The number of anilines is 1. The predicted molar refractivity (Wildman–Crippen MR) is 99.9 cm³/mol. The molecule has 3 rings (SSSR count). The molecule has 0 bridgehead atoms. The Morgan fingerprint density at radius 3 is 2.73 bits per heavy atom. The Morgan fingerprint density at radius 1 is 1.19 bits per heavy atom. The maximum atomic E-state index is 12.5. The lowest BCUT2D eigenvalue weighted by atomic mass is 9.96. The van der Waals surface area contributed by atoms with Crippen molar-refractivity contribution in [3.63, 3.8) is 0 Å². The minimum absolute atomic E-state index is 0.0608. The van der Waals surface area contributed by atoms with E-state index in [1.165, 1.54) is 6.08 Å². The summed E-state index contributed by atoms with van der Waals surface area (Å²) in [5.41, 5.74) is 2.62. The standard InChI is InChI=1S/C21H21NO4/c1-2-25-20(23)12-9-15-7-10-18(11-8-15)22-21(24)17-13-16-5-3-4-6-19(16)26-14-17/h3-12,17H,2,13-14H2,1H3,(H,22,24). The highest BCUT2D eigenvalue weighted by molar-refractivity contribution is 5.93. The lowest BCUT2D eigenvalue weighted by molar-refractivity contribution is -0.137. The molecule has 0 saturated carbocycles. The normalized spacial score (nSPS) is 15.8. The fourth-order valence-corrected chi connectivity index (χ4v) is 2.77. The highest BCUT2D eigenvalue weighted by atomic mass is 16.5. The van der Waals surface area contributed by atoms with Crippen LogP contribution in [0.3, 0.4) is 0 Å². The van der Waals surface area contributed by atoms with E-state index in [2.05, 4.69) is 5.32 Å². The first-order valence-corrected chi connectivity index (χ1v) is 8.62. The molecule has 5 nitrogen and oxygen atoms in total. The van der Waals surface area contributed by atoms with E-state index in [1.54, 1.807) is 25.1 Å². The second-order valence-electron chi connectivity index (χ2n) is 6.02.